The van der Waals surface area contributed by atoms with Gasteiger partial charge in [0.15, 0.2) is 0 Å². The summed E-state index contributed by atoms with van der Waals surface area (Å²) in [6.07, 6.45) is 1.28. The number of pyridine rings is 1. The Labute approximate surface area is 116 Å². The van der Waals surface area contributed by atoms with Crippen molar-refractivity contribution in [3.63, 3.8) is 0 Å². The van der Waals surface area contributed by atoms with Crippen molar-refractivity contribution >= 4 is 17.4 Å². The van der Waals surface area contributed by atoms with Gasteiger partial charge < -0.3 is 19.9 Å². The first-order valence-electron chi connectivity index (χ1n) is 6.34. The van der Waals surface area contributed by atoms with E-state index in [1.807, 2.05) is 24.4 Å². The quantitative estimate of drug-likeness (QED) is 0.658. The largest absolute Gasteiger partial charge is 0.394 e. The average molecular weight is 281 g/mol. The molecular formula is C13H19N3O2S. The number of rotatable bonds is 7. The molecule has 2 aromatic rings. The molecule has 1 atom stereocenters. The third-order valence-electron chi connectivity index (χ3n) is 2.76. The fourth-order valence-corrected chi connectivity index (χ4v) is 2.72. The van der Waals surface area contributed by atoms with Crippen LogP contribution < -0.4 is 5.32 Å². The van der Waals surface area contributed by atoms with E-state index in [4.69, 9.17) is 5.11 Å². The molecule has 0 spiro atoms. The summed E-state index contributed by atoms with van der Waals surface area (Å²) in [4.78, 5) is 4.57. The van der Waals surface area contributed by atoms with E-state index in [1.54, 1.807) is 0 Å². The maximum absolute atomic E-state index is 9.44. The molecule has 104 valence electrons. The summed E-state index contributed by atoms with van der Waals surface area (Å²) in [6.45, 7) is 3.47. The second kappa shape index (κ2) is 6.91. The third-order valence-corrected chi connectivity index (χ3v) is 3.91. The highest BCUT2D eigenvalue weighted by molar-refractivity contribution is 7.99. The lowest BCUT2D eigenvalue weighted by atomic mass is 10.4. The third kappa shape index (κ3) is 3.48. The fraction of sp³-hybridized carbons (Fsp3) is 0.462. The maximum atomic E-state index is 9.44. The molecule has 3 N–H and O–H groups in total. The summed E-state index contributed by atoms with van der Waals surface area (Å²) in [5.41, 5.74) is 1.99. The molecule has 2 aromatic heterocycles. The highest BCUT2D eigenvalue weighted by atomic mass is 32.2. The number of nitrogens with zero attached hydrogens (tertiary/aromatic N) is 2. The highest BCUT2D eigenvalue weighted by Crippen LogP contribution is 2.24. The predicted molar refractivity (Wildman–Crippen MR) is 76.4 cm³/mol. The molecule has 0 bridgehead atoms. The van der Waals surface area contributed by atoms with Gasteiger partial charge in [-0.25, -0.2) is 4.98 Å². The zero-order chi connectivity index (χ0) is 13.7. The van der Waals surface area contributed by atoms with Crippen LogP contribution in [0.2, 0.25) is 0 Å². The van der Waals surface area contributed by atoms with Crippen molar-refractivity contribution in [2.75, 3.05) is 18.9 Å². The second-order valence-corrected chi connectivity index (χ2v) is 5.23. The van der Waals surface area contributed by atoms with Crippen LogP contribution in [-0.2, 0) is 6.54 Å². The van der Waals surface area contributed by atoms with Gasteiger partial charge in [0.25, 0.3) is 0 Å². The molecule has 0 aromatic carbocycles. The summed E-state index contributed by atoms with van der Waals surface area (Å²) in [7, 11) is 0. The van der Waals surface area contributed by atoms with Crippen molar-refractivity contribution in [2.45, 2.75) is 24.6 Å². The minimum absolute atomic E-state index is 0.219. The maximum Gasteiger partial charge on any atom is 0.138 e. The number of thioether (sulfide) groups is 1. The smallest absolute Gasteiger partial charge is 0.138 e. The van der Waals surface area contributed by atoms with Gasteiger partial charge in [-0.2, -0.15) is 0 Å². The minimum Gasteiger partial charge on any atom is -0.394 e. The number of imidazole rings is 1. The van der Waals surface area contributed by atoms with E-state index < -0.39 is 6.10 Å². The van der Waals surface area contributed by atoms with Crippen LogP contribution in [0.3, 0.4) is 0 Å². The van der Waals surface area contributed by atoms with Crippen molar-refractivity contribution < 1.29 is 10.2 Å². The molecule has 2 heterocycles. The fourth-order valence-electron chi connectivity index (χ4n) is 1.77. The van der Waals surface area contributed by atoms with E-state index in [1.165, 1.54) is 11.8 Å². The molecule has 6 heteroatoms. The van der Waals surface area contributed by atoms with Gasteiger partial charge in [0.05, 0.1) is 18.4 Å². The van der Waals surface area contributed by atoms with Crippen LogP contribution >= 0.6 is 11.8 Å². The molecule has 0 aliphatic heterocycles. The van der Waals surface area contributed by atoms with Gasteiger partial charge in [-0.3, -0.25) is 0 Å². The molecule has 1 unspecified atom stereocenters. The lowest BCUT2D eigenvalue weighted by molar-refractivity contribution is 0.113. The van der Waals surface area contributed by atoms with Gasteiger partial charge in [-0.15, -0.1) is 11.8 Å². The molecule has 5 nitrogen and oxygen atoms in total. The number of hydrogen-bond donors (Lipinski definition) is 3. The topological polar surface area (TPSA) is 69.8 Å². The Kier molecular flexibility index (Phi) is 5.21. The van der Waals surface area contributed by atoms with Crippen molar-refractivity contribution in [1.29, 1.82) is 0 Å². The van der Waals surface area contributed by atoms with Gasteiger partial charge in [0.1, 0.15) is 10.7 Å². The summed E-state index contributed by atoms with van der Waals surface area (Å²) < 4.78 is 2.05. The molecule has 19 heavy (non-hydrogen) atoms. The lowest BCUT2D eigenvalue weighted by Gasteiger charge is -2.07. The summed E-state index contributed by atoms with van der Waals surface area (Å²) in [5.74, 6) is 0.444. The molecule has 0 saturated heterocycles. The lowest BCUT2D eigenvalue weighted by Crippen LogP contribution is -2.16. The predicted octanol–water partition coefficient (Wildman–Crippen LogP) is 0.889. The van der Waals surface area contributed by atoms with E-state index in [0.717, 1.165) is 29.5 Å². The molecule has 0 fully saturated rings. The first-order valence-corrected chi connectivity index (χ1v) is 7.33. The van der Waals surface area contributed by atoms with Crippen molar-refractivity contribution in [3.05, 3.63) is 30.1 Å². The van der Waals surface area contributed by atoms with Crippen LogP contribution in [0.25, 0.3) is 5.65 Å². The molecule has 0 saturated carbocycles. The highest BCUT2D eigenvalue weighted by Gasteiger charge is 2.13. The Morgan fingerprint density at radius 3 is 3.05 bits per heavy atom. The molecule has 2 rings (SSSR count). The van der Waals surface area contributed by atoms with Crippen LogP contribution in [0.1, 0.15) is 12.6 Å². The molecule has 0 aliphatic rings. The number of fused-ring (bicyclic) bond motifs is 1. The van der Waals surface area contributed by atoms with Crippen LogP contribution in [-0.4, -0.2) is 44.6 Å². The number of nitrogens with one attached hydrogen (secondary N) is 1. The van der Waals surface area contributed by atoms with Gasteiger partial charge in [-0.1, -0.05) is 13.0 Å². The normalized spacial score (nSPS) is 13.0. The summed E-state index contributed by atoms with van der Waals surface area (Å²) in [6, 6.07) is 5.89. The Hall–Kier alpha value is -1.08. The average Bonchev–Trinajstić information content (AvgIpc) is 2.80. The SMILES string of the molecule is CCNCc1c(SCC(O)CO)nc2ccccn12. The summed E-state index contributed by atoms with van der Waals surface area (Å²) >= 11 is 1.47. The van der Waals surface area contributed by atoms with Crippen LogP contribution in [0.4, 0.5) is 0 Å². The zero-order valence-electron chi connectivity index (χ0n) is 10.9. The number of aliphatic hydroxyl groups is 2. The number of hydrogen-bond acceptors (Lipinski definition) is 5. The van der Waals surface area contributed by atoms with Gasteiger partial charge >= 0.3 is 0 Å². The van der Waals surface area contributed by atoms with E-state index in [9.17, 15) is 5.11 Å². The Balaban J connectivity index is 2.24. The Morgan fingerprint density at radius 1 is 1.47 bits per heavy atom. The second-order valence-electron chi connectivity index (χ2n) is 4.22. The van der Waals surface area contributed by atoms with E-state index in [0.29, 0.717) is 5.75 Å². The van der Waals surface area contributed by atoms with Crippen LogP contribution in [0.5, 0.6) is 0 Å². The standard InChI is InChI=1S/C13H19N3O2S/c1-2-14-7-11-13(19-9-10(18)8-17)15-12-5-3-4-6-16(11)12/h3-6,10,14,17-18H,2,7-9H2,1H3. The molecule has 0 amide bonds. The molecule has 0 radical (unpaired) electrons. The Bertz CT molecular complexity index is 530. The zero-order valence-corrected chi connectivity index (χ0v) is 11.7. The van der Waals surface area contributed by atoms with Crippen molar-refractivity contribution in [2.24, 2.45) is 0 Å². The molecule has 0 aliphatic carbocycles. The monoisotopic (exact) mass is 281 g/mol. The van der Waals surface area contributed by atoms with Gasteiger partial charge in [-0.05, 0) is 18.7 Å². The van der Waals surface area contributed by atoms with Crippen LogP contribution in [0.15, 0.2) is 29.4 Å². The summed E-state index contributed by atoms with van der Waals surface area (Å²) in [5, 5.41) is 22.5. The van der Waals surface area contributed by atoms with Gasteiger partial charge in [0, 0.05) is 18.5 Å². The molecular weight excluding hydrogens is 262 g/mol. The minimum atomic E-state index is -0.707. The van der Waals surface area contributed by atoms with Crippen LogP contribution in [0, 0.1) is 0 Å². The van der Waals surface area contributed by atoms with Crippen molar-refractivity contribution in [3.8, 4) is 0 Å². The van der Waals surface area contributed by atoms with Crippen molar-refractivity contribution in [1.82, 2.24) is 14.7 Å². The Morgan fingerprint density at radius 2 is 2.32 bits per heavy atom. The first kappa shape index (κ1) is 14.3. The number of aromatic nitrogens is 2. The first-order chi connectivity index (χ1) is 9.26. The van der Waals surface area contributed by atoms with E-state index in [2.05, 4.69) is 21.6 Å². The van der Waals surface area contributed by atoms with E-state index in [-0.39, 0.29) is 6.61 Å². The number of aliphatic hydroxyl groups excluding tert-OH is 2. The van der Waals surface area contributed by atoms with Gasteiger partial charge in [0.2, 0.25) is 0 Å². The van der Waals surface area contributed by atoms with E-state index >= 15 is 0 Å².